The van der Waals surface area contributed by atoms with E-state index in [1.54, 1.807) is 0 Å². The van der Waals surface area contributed by atoms with E-state index in [4.69, 9.17) is 9.47 Å². The highest BCUT2D eigenvalue weighted by Crippen LogP contribution is 2.40. The first-order chi connectivity index (χ1) is 24.7. The van der Waals surface area contributed by atoms with E-state index < -0.39 is 11.9 Å². The Morgan fingerprint density at radius 2 is 0.885 bits per heavy atom. The monoisotopic (exact) mass is 704 g/mol. The largest absolute Gasteiger partial charge is 0.505 e. The maximum absolute atomic E-state index is 12.7. The third-order valence-corrected chi connectivity index (χ3v) is 9.83. The Bertz CT molecular complexity index is 2310. The van der Waals surface area contributed by atoms with E-state index in [2.05, 4.69) is 0 Å². The van der Waals surface area contributed by atoms with Gasteiger partial charge in [0.1, 0.15) is 58.2 Å². The molecule has 0 amide bonds. The van der Waals surface area contributed by atoms with Gasteiger partial charge in [-0.05, 0) is 71.2 Å². The molecule has 0 aliphatic heterocycles. The maximum atomic E-state index is 12.7. The number of nitrogens with zero attached hydrogens (tertiary/aromatic N) is 6. The lowest BCUT2D eigenvalue weighted by atomic mass is 9.84. The van der Waals surface area contributed by atoms with Crippen molar-refractivity contribution in [2.24, 2.45) is 0 Å². The third-order valence-electron chi connectivity index (χ3n) is 9.83. The molecule has 270 valence electrons. The fraction of sp³-hybridized carbons (Fsp3) is 0.350. The van der Waals surface area contributed by atoms with Crippen molar-refractivity contribution >= 4 is 34.0 Å². The van der Waals surface area contributed by atoms with Crippen molar-refractivity contribution in [2.75, 3.05) is 13.2 Å². The second-order valence-electron chi connectivity index (χ2n) is 15.7. The molecule has 0 saturated carbocycles. The van der Waals surface area contributed by atoms with Crippen molar-refractivity contribution in [3.05, 3.63) is 95.1 Å². The predicted octanol–water partition coefficient (Wildman–Crippen LogP) is 6.81. The van der Waals surface area contributed by atoms with Gasteiger partial charge in [0.15, 0.2) is 0 Å². The summed E-state index contributed by atoms with van der Waals surface area (Å²) in [6.45, 7) is 12.2. The van der Waals surface area contributed by atoms with Gasteiger partial charge in [-0.25, -0.2) is 0 Å². The normalized spacial score (nSPS) is 12.8. The molecule has 0 aliphatic carbocycles. The van der Waals surface area contributed by atoms with Crippen molar-refractivity contribution in [3.63, 3.8) is 0 Å². The van der Waals surface area contributed by atoms with Crippen LogP contribution in [-0.2, 0) is 42.7 Å². The van der Waals surface area contributed by atoms with Crippen molar-refractivity contribution in [3.8, 4) is 22.9 Å². The smallest absolute Gasteiger partial charge is 0.306 e. The van der Waals surface area contributed by atoms with E-state index in [1.807, 2.05) is 142 Å². The summed E-state index contributed by atoms with van der Waals surface area (Å²) in [4.78, 5) is 29.3. The van der Waals surface area contributed by atoms with Crippen LogP contribution >= 0.6 is 0 Å². The summed E-state index contributed by atoms with van der Waals surface area (Å²) in [5.41, 5.74) is 8.40. The predicted molar refractivity (Wildman–Crippen MR) is 197 cm³/mol. The van der Waals surface area contributed by atoms with E-state index in [9.17, 15) is 19.8 Å². The molecule has 0 bridgehead atoms. The Morgan fingerprint density at radius 3 is 1.19 bits per heavy atom. The first-order valence-corrected chi connectivity index (χ1v) is 17.8. The SMILES string of the molecule is CC(C)(C)c1cc(CCC(=O)OCCOC(=O)CCc2cc(-n3n4c5ccccc5n34)c(O)c(C(C)(C)C)c2)cc(-n2n3c4ccccc4n23)c1O. The zero-order valence-electron chi connectivity index (χ0n) is 30.4. The molecule has 4 heterocycles. The fourth-order valence-corrected chi connectivity index (χ4v) is 7.03. The second kappa shape index (κ2) is 11.9. The van der Waals surface area contributed by atoms with Crippen LogP contribution in [0.5, 0.6) is 11.5 Å². The van der Waals surface area contributed by atoms with Crippen molar-refractivity contribution in [2.45, 2.75) is 78.1 Å². The lowest BCUT2D eigenvalue weighted by Crippen LogP contribution is -2.16. The Kier molecular flexibility index (Phi) is 7.63. The van der Waals surface area contributed by atoms with Crippen molar-refractivity contribution < 1.29 is 29.3 Å². The summed E-state index contributed by atoms with van der Waals surface area (Å²) in [5.74, 6) is -0.343. The Hall–Kier alpha value is -5.78. The number of phenolic OH excluding ortho intramolecular Hbond substituents is 2. The highest BCUT2D eigenvalue weighted by atomic mass is 16.6. The van der Waals surface area contributed by atoms with Gasteiger partial charge in [-0.3, -0.25) is 9.59 Å². The summed E-state index contributed by atoms with van der Waals surface area (Å²) in [5, 5.41) is 22.5. The van der Waals surface area contributed by atoms with Gasteiger partial charge >= 0.3 is 11.9 Å². The minimum atomic E-state index is -0.390. The molecular formula is C40H44N6O6. The molecule has 8 aromatic rings. The molecule has 52 heavy (non-hydrogen) atoms. The molecule has 4 aromatic carbocycles. The molecule has 0 unspecified atom stereocenters. The van der Waals surface area contributed by atoms with Crippen molar-refractivity contribution in [1.29, 1.82) is 0 Å². The van der Waals surface area contributed by atoms with Gasteiger partial charge in [0.05, 0.1) is 0 Å². The van der Waals surface area contributed by atoms with Gasteiger partial charge in [-0.2, -0.15) is 0 Å². The minimum absolute atomic E-state index is 0.0344. The van der Waals surface area contributed by atoms with E-state index in [0.29, 0.717) is 24.2 Å². The Labute approximate surface area is 300 Å². The van der Waals surface area contributed by atoms with Crippen LogP contribution in [0.25, 0.3) is 33.4 Å². The Morgan fingerprint density at radius 1 is 0.558 bits per heavy atom. The standard InChI is InChI=1S/C40H44N6O6/c1-39(2,3)27-21-25(23-33(37(27)49)45-41-29-11-7-8-12-30(29)42(41)45)15-17-35(47)51-19-20-52-36(48)18-16-26-22-28(40(4,5)6)38(50)34(24-26)46-43-31-13-9-10-14-32(31)44(43)46/h7-14,21-24,49-50H,15-20H2,1-6H3. The van der Waals surface area contributed by atoms with E-state index >= 15 is 0 Å². The average molecular weight is 705 g/mol. The fourth-order valence-electron chi connectivity index (χ4n) is 7.03. The number of hydrogen-bond acceptors (Lipinski definition) is 6. The van der Waals surface area contributed by atoms with E-state index in [0.717, 1.165) is 44.3 Å². The summed E-state index contributed by atoms with van der Waals surface area (Å²) in [6.07, 6.45) is 1.15. The van der Waals surface area contributed by atoms with Crippen LogP contribution in [0.15, 0.2) is 72.8 Å². The van der Waals surface area contributed by atoms with Crippen LogP contribution in [-0.4, -0.2) is 63.5 Å². The number of aromatic hydroxyl groups is 2. The van der Waals surface area contributed by atoms with Gasteiger partial charge in [0, 0.05) is 24.0 Å². The quantitative estimate of drug-likeness (QED) is 0.113. The molecule has 0 aliphatic rings. The van der Waals surface area contributed by atoms with Crippen LogP contribution in [0.2, 0.25) is 0 Å². The van der Waals surface area contributed by atoms with E-state index in [-0.39, 0.29) is 48.4 Å². The molecule has 8 rings (SSSR count). The first kappa shape index (κ1) is 33.4. The molecule has 12 nitrogen and oxygen atoms in total. The zero-order chi connectivity index (χ0) is 36.7. The van der Waals surface area contributed by atoms with Crippen molar-refractivity contribution in [1.82, 2.24) is 28.1 Å². The number of para-hydroxylation sites is 4. The number of aryl methyl sites for hydroxylation is 2. The first-order valence-electron chi connectivity index (χ1n) is 17.8. The Balaban J connectivity index is 0.856. The lowest BCUT2D eigenvalue weighted by molar-refractivity contribution is -0.152. The number of benzene rings is 4. The second-order valence-corrected chi connectivity index (χ2v) is 15.7. The number of carbonyl (C=O) groups is 2. The van der Waals surface area contributed by atoms with Crippen LogP contribution in [0.3, 0.4) is 0 Å². The average Bonchev–Trinajstić information content (AvgIpc) is 3.96. The summed E-state index contributed by atoms with van der Waals surface area (Å²) in [6, 6.07) is 23.8. The van der Waals surface area contributed by atoms with Gasteiger partial charge in [0.25, 0.3) is 0 Å². The zero-order valence-corrected chi connectivity index (χ0v) is 30.4. The number of fused-ring (bicyclic) bond motifs is 8. The van der Waals surface area contributed by atoms with Gasteiger partial charge in [-0.15, -0.1) is 28.1 Å². The molecule has 0 saturated heterocycles. The van der Waals surface area contributed by atoms with Crippen LogP contribution in [0.4, 0.5) is 0 Å². The highest BCUT2D eigenvalue weighted by Gasteiger charge is 2.31. The van der Waals surface area contributed by atoms with E-state index in [1.165, 1.54) is 0 Å². The molecule has 0 atom stereocenters. The number of hydrogen-bond donors (Lipinski definition) is 2. The molecule has 2 N–H and O–H groups in total. The maximum Gasteiger partial charge on any atom is 0.306 e. The molecule has 0 spiro atoms. The van der Waals surface area contributed by atoms with Crippen LogP contribution in [0.1, 0.15) is 76.6 Å². The van der Waals surface area contributed by atoms with Gasteiger partial charge in [-0.1, -0.05) is 77.9 Å². The molecule has 12 heteroatoms. The minimum Gasteiger partial charge on any atom is -0.505 e. The van der Waals surface area contributed by atoms with Gasteiger partial charge in [0.2, 0.25) is 0 Å². The summed E-state index contributed by atoms with van der Waals surface area (Å²) in [7, 11) is 0. The molecule has 4 aromatic heterocycles. The topological polar surface area (TPSA) is 121 Å². The van der Waals surface area contributed by atoms with Crippen LogP contribution in [0, 0.1) is 0 Å². The summed E-state index contributed by atoms with van der Waals surface area (Å²) < 4.78 is 18.8. The number of rotatable bonds is 11. The number of carbonyl (C=O) groups excluding carboxylic acids is 2. The number of phenols is 2. The number of ether oxygens (including phenoxy) is 2. The lowest BCUT2D eigenvalue weighted by Gasteiger charge is -2.22. The van der Waals surface area contributed by atoms with Crippen LogP contribution < -0.4 is 0 Å². The summed E-state index contributed by atoms with van der Waals surface area (Å²) >= 11 is 0. The molecule has 0 fully saturated rings. The molecule has 0 radical (unpaired) electrons. The number of esters is 2. The number of aromatic nitrogens is 6. The molecular weight excluding hydrogens is 660 g/mol. The van der Waals surface area contributed by atoms with Gasteiger partial charge < -0.3 is 19.7 Å². The third kappa shape index (κ3) is 5.62. The highest BCUT2D eigenvalue weighted by molar-refractivity contribution is 5.81.